The second-order valence-corrected chi connectivity index (χ2v) is 8.00. The Kier molecular flexibility index (Phi) is 8.80. The van der Waals surface area contributed by atoms with Gasteiger partial charge in [0.15, 0.2) is 0 Å². The number of carbonyl (C=O) groups is 1. The number of hydrogen-bond acceptors (Lipinski definition) is 5. The van der Waals surface area contributed by atoms with Crippen LogP contribution in [-0.4, -0.2) is 35.4 Å². The van der Waals surface area contributed by atoms with E-state index >= 15 is 0 Å². The maximum atomic E-state index is 12.7. The van der Waals surface area contributed by atoms with E-state index in [-0.39, 0.29) is 12.0 Å². The zero-order valence-corrected chi connectivity index (χ0v) is 18.8. The van der Waals surface area contributed by atoms with Crippen molar-refractivity contribution >= 4 is 22.5 Å². The zero-order chi connectivity index (χ0) is 22.1. The lowest BCUT2D eigenvalue weighted by molar-refractivity contribution is 0.0976. The highest BCUT2D eigenvalue weighted by Crippen LogP contribution is 2.29. The van der Waals surface area contributed by atoms with Crippen molar-refractivity contribution < 1.29 is 18.5 Å². The zero-order valence-electron chi connectivity index (χ0n) is 18.0. The minimum absolute atomic E-state index is 0.00855. The summed E-state index contributed by atoms with van der Waals surface area (Å²) in [6, 6.07) is 12.1. The monoisotopic (exact) mass is 428 g/mol. The van der Waals surface area contributed by atoms with Crippen molar-refractivity contribution in [3.63, 3.8) is 0 Å². The van der Waals surface area contributed by atoms with Crippen LogP contribution < -0.4 is 14.8 Å². The first-order chi connectivity index (χ1) is 14.4. The molecular weight excluding hydrogens is 400 g/mol. The Bertz CT molecular complexity index is 952. The SMILES string of the molecule is C/C=C\C(=NC)NC(=O)c1cc(Oc2ccc(S(C)=O)cc2)cc(OC(C)CC)c1. The van der Waals surface area contributed by atoms with E-state index in [1.807, 2.05) is 20.8 Å². The molecular formula is C23H28N2O4S. The summed E-state index contributed by atoms with van der Waals surface area (Å²) in [7, 11) is 0.552. The molecule has 2 atom stereocenters. The summed E-state index contributed by atoms with van der Waals surface area (Å²) in [5, 5.41) is 2.77. The average Bonchev–Trinajstić information content (AvgIpc) is 2.73. The van der Waals surface area contributed by atoms with Gasteiger partial charge in [0.25, 0.3) is 5.91 Å². The third-order valence-electron chi connectivity index (χ3n) is 4.25. The van der Waals surface area contributed by atoms with Crippen molar-refractivity contribution in [1.82, 2.24) is 5.32 Å². The number of carbonyl (C=O) groups excluding carboxylic acids is 1. The van der Waals surface area contributed by atoms with Crippen molar-refractivity contribution in [3.05, 3.63) is 60.2 Å². The van der Waals surface area contributed by atoms with E-state index in [1.165, 1.54) is 0 Å². The molecule has 2 rings (SSSR count). The number of allylic oxidation sites excluding steroid dienone is 1. The summed E-state index contributed by atoms with van der Waals surface area (Å²) >= 11 is 0. The van der Waals surface area contributed by atoms with Gasteiger partial charge in [0.05, 0.1) is 6.10 Å². The number of rotatable bonds is 8. The van der Waals surface area contributed by atoms with E-state index < -0.39 is 10.8 Å². The number of aliphatic imine (C=N–C) groups is 1. The highest BCUT2D eigenvalue weighted by Gasteiger charge is 2.13. The molecule has 0 aliphatic heterocycles. The molecule has 0 bridgehead atoms. The van der Waals surface area contributed by atoms with Crippen LogP contribution in [0.25, 0.3) is 0 Å². The van der Waals surface area contributed by atoms with Gasteiger partial charge < -0.3 is 14.8 Å². The fourth-order valence-corrected chi connectivity index (χ4v) is 3.02. The average molecular weight is 429 g/mol. The van der Waals surface area contributed by atoms with Crippen molar-refractivity contribution in [2.24, 2.45) is 4.99 Å². The molecule has 2 aromatic rings. The van der Waals surface area contributed by atoms with Gasteiger partial charge in [0.1, 0.15) is 23.1 Å². The van der Waals surface area contributed by atoms with Gasteiger partial charge in [-0.25, -0.2) is 0 Å². The Morgan fingerprint density at radius 3 is 2.40 bits per heavy atom. The number of ether oxygens (including phenoxy) is 2. The molecule has 30 heavy (non-hydrogen) atoms. The highest BCUT2D eigenvalue weighted by molar-refractivity contribution is 7.84. The maximum absolute atomic E-state index is 12.7. The van der Waals surface area contributed by atoms with Gasteiger partial charge in [-0.15, -0.1) is 0 Å². The smallest absolute Gasteiger partial charge is 0.257 e. The molecule has 0 aliphatic rings. The Labute approximate surface area is 180 Å². The first kappa shape index (κ1) is 23.3. The van der Waals surface area contributed by atoms with E-state index in [4.69, 9.17) is 9.47 Å². The first-order valence-electron chi connectivity index (χ1n) is 9.70. The van der Waals surface area contributed by atoms with Crippen molar-refractivity contribution in [1.29, 1.82) is 0 Å². The van der Waals surface area contributed by atoms with Crippen LogP contribution in [0.2, 0.25) is 0 Å². The summed E-state index contributed by atoms with van der Waals surface area (Å²) in [6.07, 6.45) is 5.96. The molecule has 1 amide bonds. The van der Waals surface area contributed by atoms with Gasteiger partial charge in [-0.3, -0.25) is 14.0 Å². The third kappa shape index (κ3) is 6.84. The van der Waals surface area contributed by atoms with E-state index in [2.05, 4.69) is 10.3 Å². The van der Waals surface area contributed by atoms with Gasteiger partial charge in [-0.2, -0.15) is 0 Å². The number of amidine groups is 1. The second-order valence-electron chi connectivity index (χ2n) is 6.62. The number of hydrogen-bond donors (Lipinski definition) is 1. The van der Waals surface area contributed by atoms with Gasteiger partial charge >= 0.3 is 0 Å². The van der Waals surface area contributed by atoms with Gasteiger partial charge in [0, 0.05) is 40.6 Å². The molecule has 0 aromatic heterocycles. The van der Waals surface area contributed by atoms with Gasteiger partial charge in [-0.05, 0) is 62.7 Å². The van der Waals surface area contributed by atoms with Gasteiger partial charge in [0.2, 0.25) is 0 Å². The molecule has 160 valence electrons. The molecule has 0 saturated heterocycles. The first-order valence-corrected chi connectivity index (χ1v) is 11.3. The molecule has 0 spiro atoms. The predicted molar refractivity (Wildman–Crippen MR) is 121 cm³/mol. The number of benzene rings is 2. The van der Waals surface area contributed by atoms with E-state index in [9.17, 15) is 9.00 Å². The second kappa shape index (κ2) is 11.3. The number of amides is 1. The van der Waals surface area contributed by atoms with Crippen LogP contribution in [0.1, 0.15) is 37.6 Å². The lowest BCUT2D eigenvalue weighted by atomic mass is 10.1. The van der Waals surface area contributed by atoms with Crippen molar-refractivity contribution in [3.8, 4) is 17.2 Å². The van der Waals surface area contributed by atoms with Crippen LogP contribution in [0.4, 0.5) is 0 Å². The number of nitrogens with one attached hydrogen (secondary N) is 1. The summed E-state index contributed by atoms with van der Waals surface area (Å²) in [5.41, 5.74) is 0.391. The normalized spacial score (nSPS) is 13.7. The summed E-state index contributed by atoms with van der Waals surface area (Å²) < 4.78 is 23.4. The highest BCUT2D eigenvalue weighted by atomic mass is 32.2. The molecule has 0 fully saturated rings. The Morgan fingerprint density at radius 1 is 1.17 bits per heavy atom. The fraction of sp³-hybridized carbons (Fsp3) is 0.304. The molecule has 0 heterocycles. The minimum Gasteiger partial charge on any atom is -0.491 e. The molecule has 0 saturated carbocycles. The summed E-state index contributed by atoms with van der Waals surface area (Å²) in [5.74, 6) is 1.72. The molecule has 2 aromatic carbocycles. The molecule has 1 N–H and O–H groups in total. The van der Waals surface area contributed by atoms with Crippen LogP contribution in [-0.2, 0) is 10.8 Å². The van der Waals surface area contributed by atoms with Crippen LogP contribution >= 0.6 is 0 Å². The molecule has 2 unspecified atom stereocenters. The van der Waals surface area contributed by atoms with Crippen LogP contribution in [0, 0.1) is 0 Å². The third-order valence-corrected chi connectivity index (χ3v) is 5.19. The van der Waals surface area contributed by atoms with Crippen LogP contribution in [0.3, 0.4) is 0 Å². The summed E-state index contributed by atoms with van der Waals surface area (Å²) in [6.45, 7) is 5.84. The van der Waals surface area contributed by atoms with Gasteiger partial charge in [-0.1, -0.05) is 13.0 Å². The van der Waals surface area contributed by atoms with Crippen LogP contribution in [0.15, 0.2) is 64.5 Å². The molecule has 0 aliphatic carbocycles. The standard InChI is InChI=1S/C23H28N2O4S/c1-6-8-22(24-4)25-23(26)17-13-19(28-16(3)7-2)15-20(14-17)29-18-9-11-21(12-10-18)30(5)27/h6,8-16H,7H2,1-5H3,(H,24,25,26)/b8-6-. The molecule has 7 heteroatoms. The Morgan fingerprint density at radius 2 is 1.83 bits per heavy atom. The Balaban J connectivity index is 2.33. The largest absolute Gasteiger partial charge is 0.491 e. The molecule has 0 radical (unpaired) electrons. The van der Waals surface area contributed by atoms with Crippen LogP contribution in [0.5, 0.6) is 17.2 Å². The lowest BCUT2D eigenvalue weighted by Crippen LogP contribution is -2.29. The Hall–Kier alpha value is -2.93. The predicted octanol–water partition coefficient (Wildman–Crippen LogP) is 4.73. The summed E-state index contributed by atoms with van der Waals surface area (Å²) in [4.78, 5) is 17.5. The maximum Gasteiger partial charge on any atom is 0.257 e. The lowest BCUT2D eigenvalue weighted by Gasteiger charge is -2.16. The van der Waals surface area contributed by atoms with Crippen molar-refractivity contribution in [2.45, 2.75) is 38.2 Å². The minimum atomic E-state index is -1.06. The molecule has 6 nitrogen and oxygen atoms in total. The number of nitrogens with zero attached hydrogens (tertiary/aromatic N) is 1. The topological polar surface area (TPSA) is 77.0 Å². The van der Waals surface area contributed by atoms with E-state index in [0.717, 1.165) is 6.42 Å². The fourth-order valence-electron chi connectivity index (χ4n) is 2.50. The quantitative estimate of drug-likeness (QED) is 0.487. The van der Waals surface area contributed by atoms with Crippen molar-refractivity contribution in [2.75, 3.05) is 13.3 Å². The van der Waals surface area contributed by atoms with E-state index in [1.54, 1.807) is 67.9 Å². The van der Waals surface area contributed by atoms with E-state index in [0.29, 0.717) is 33.5 Å².